The molecule has 0 bridgehead atoms. The zero-order valence-electron chi connectivity index (χ0n) is 12.2. The van der Waals surface area contributed by atoms with Crippen LogP contribution in [0.1, 0.15) is 25.3 Å². The lowest BCUT2D eigenvalue weighted by atomic mass is 10.1. The summed E-state index contributed by atoms with van der Waals surface area (Å²) in [5.41, 5.74) is 2.71. The molecule has 0 saturated carbocycles. The highest BCUT2D eigenvalue weighted by atomic mass is 16.5. The van der Waals surface area contributed by atoms with Gasteiger partial charge in [-0.3, -0.25) is 0 Å². The number of anilines is 1. The number of benzene rings is 1. The molecular weight excluding hydrogens is 236 g/mol. The molecule has 1 saturated heterocycles. The molecule has 0 aromatic heterocycles. The normalized spacial score (nSPS) is 19.1. The van der Waals surface area contributed by atoms with Crippen molar-refractivity contribution in [1.29, 1.82) is 0 Å². The van der Waals surface area contributed by atoms with E-state index >= 15 is 0 Å². The van der Waals surface area contributed by atoms with Gasteiger partial charge in [-0.2, -0.15) is 0 Å². The fraction of sp³-hybridized carbons (Fsp3) is 0.625. The third-order valence-electron chi connectivity index (χ3n) is 3.98. The maximum Gasteiger partial charge on any atom is 0.0587 e. The Morgan fingerprint density at radius 2 is 2.11 bits per heavy atom. The highest BCUT2D eigenvalue weighted by Gasteiger charge is 2.20. The Balaban J connectivity index is 1.81. The van der Waals surface area contributed by atoms with Gasteiger partial charge in [0.2, 0.25) is 0 Å². The number of hydrogen-bond acceptors (Lipinski definition) is 3. The van der Waals surface area contributed by atoms with Gasteiger partial charge in [0.1, 0.15) is 0 Å². The van der Waals surface area contributed by atoms with Crippen molar-refractivity contribution in [2.24, 2.45) is 5.92 Å². The molecule has 1 atom stereocenters. The average molecular weight is 262 g/mol. The van der Waals surface area contributed by atoms with E-state index in [2.05, 4.69) is 41.4 Å². The van der Waals surface area contributed by atoms with Crippen molar-refractivity contribution in [3.63, 3.8) is 0 Å². The molecule has 0 amide bonds. The van der Waals surface area contributed by atoms with Crippen molar-refractivity contribution >= 4 is 5.69 Å². The Hall–Kier alpha value is -1.06. The van der Waals surface area contributed by atoms with Crippen LogP contribution in [0.3, 0.4) is 0 Å². The van der Waals surface area contributed by atoms with Crippen molar-refractivity contribution in [1.82, 2.24) is 5.32 Å². The maximum absolute atomic E-state index is 5.02. The van der Waals surface area contributed by atoms with Gasteiger partial charge in [0.15, 0.2) is 0 Å². The molecule has 1 aromatic rings. The first kappa shape index (κ1) is 14.4. The number of hydrogen-bond donors (Lipinski definition) is 1. The highest BCUT2D eigenvalue weighted by Crippen LogP contribution is 2.25. The summed E-state index contributed by atoms with van der Waals surface area (Å²) in [6, 6.07) is 8.97. The minimum Gasteiger partial charge on any atom is -0.383 e. The second-order valence-electron chi connectivity index (χ2n) is 5.34. The van der Waals surface area contributed by atoms with Gasteiger partial charge < -0.3 is 15.0 Å². The third-order valence-corrected chi connectivity index (χ3v) is 3.98. The molecule has 1 fully saturated rings. The lowest BCUT2D eigenvalue weighted by Crippen LogP contribution is -2.20. The van der Waals surface area contributed by atoms with Crippen molar-refractivity contribution in [2.45, 2.75) is 26.3 Å². The first-order valence-corrected chi connectivity index (χ1v) is 7.37. The van der Waals surface area contributed by atoms with Crippen LogP contribution in [0.15, 0.2) is 24.3 Å². The molecule has 106 valence electrons. The van der Waals surface area contributed by atoms with Crippen LogP contribution in [0.4, 0.5) is 5.69 Å². The average Bonchev–Trinajstić information content (AvgIpc) is 2.93. The van der Waals surface area contributed by atoms with Crippen LogP contribution in [0.2, 0.25) is 0 Å². The van der Waals surface area contributed by atoms with Crippen molar-refractivity contribution < 1.29 is 4.74 Å². The van der Waals surface area contributed by atoms with E-state index in [1.807, 2.05) is 0 Å². The second kappa shape index (κ2) is 7.51. The van der Waals surface area contributed by atoms with E-state index in [9.17, 15) is 0 Å². The quantitative estimate of drug-likeness (QED) is 0.765. The lowest BCUT2D eigenvalue weighted by Gasteiger charge is -2.19. The Labute approximate surface area is 116 Å². The first-order chi connectivity index (χ1) is 9.33. The molecule has 1 N–H and O–H groups in total. The molecule has 1 aliphatic rings. The molecular formula is C16H26N2O. The standard InChI is InChI=1S/C16H26N2O/c1-3-14-8-10-18(13-14)16-6-4-15(5-7-16)12-17-9-11-19-2/h4-7,14,17H,3,8-13H2,1-2H3. The predicted octanol–water partition coefficient (Wildman–Crippen LogP) is 2.66. The molecule has 3 nitrogen and oxygen atoms in total. The molecule has 0 spiro atoms. The van der Waals surface area contributed by atoms with E-state index in [0.717, 1.165) is 25.6 Å². The molecule has 1 aromatic carbocycles. The van der Waals surface area contributed by atoms with E-state index < -0.39 is 0 Å². The van der Waals surface area contributed by atoms with E-state index in [1.54, 1.807) is 7.11 Å². The number of rotatable bonds is 7. The first-order valence-electron chi connectivity index (χ1n) is 7.37. The van der Waals surface area contributed by atoms with Crippen LogP contribution in [0.5, 0.6) is 0 Å². The molecule has 0 radical (unpaired) electrons. The van der Waals surface area contributed by atoms with Gasteiger partial charge in [-0.25, -0.2) is 0 Å². The van der Waals surface area contributed by atoms with Crippen LogP contribution in [-0.4, -0.2) is 33.4 Å². The summed E-state index contributed by atoms with van der Waals surface area (Å²) in [5, 5.41) is 3.37. The topological polar surface area (TPSA) is 24.5 Å². The van der Waals surface area contributed by atoms with E-state index in [0.29, 0.717) is 0 Å². The summed E-state index contributed by atoms with van der Waals surface area (Å²) in [6.07, 6.45) is 2.65. The Morgan fingerprint density at radius 3 is 2.74 bits per heavy atom. The van der Waals surface area contributed by atoms with Crippen LogP contribution < -0.4 is 10.2 Å². The van der Waals surface area contributed by atoms with Crippen LogP contribution >= 0.6 is 0 Å². The molecule has 19 heavy (non-hydrogen) atoms. The van der Waals surface area contributed by atoms with Gasteiger partial charge >= 0.3 is 0 Å². The zero-order chi connectivity index (χ0) is 13.5. The Morgan fingerprint density at radius 1 is 1.32 bits per heavy atom. The molecule has 2 rings (SSSR count). The summed E-state index contributed by atoms with van der Waals surface area (Å²) < 4.78 is 5.02. The van der Waals surface area contributed by atoms with Gasteiger partial charge in [-0.1, -0.05) is 25.5 Å². The summed E-state index contributed by atoms with van der Waals surface area (Å²) >= 11 is 0. The smallest absolute Gasteiger partial charge is 0.0587 e. The largest absolute Gasteiger partial charge is 0.383 e. The van der Waals surface area contributed by atoms with Crippen LogP contribution in [0.25, 0.3) is 0 Å². The van der Waals surface area contributed by atoms with Crippen LogP contribution in [0, 0.1) is 5.92 Å². The Bertz CT molecular complexity index is 364. The summed E-state index contributed by atoms with van der Waals surface area (Å²) in [7, 11) is 1.73. The zero-order valence-corrected chi connectivity index (χ0v) is 12.2. The fourth-order valence-corrected chi connectivity index (χ4v) is 2.63. The molecule has 0 aliphatic carbocycles. The molecule has 3 heteroatoms. The monoisotopic (exact) mass is 262 g/mol. The van der Waals surface area contributed by atoms with Crippen molar-refractivity contribution in [3.05, 3.63) is 29.8 Å². The number of ether oxygens (including phenoxy) is 1. The maximum atomic E-state index is 5.02. The van der Waals surface area contributed by atoms with E-state index in [-0.39, 0.29) is 0 Å². The minimum absolute atomic E-state index is 0.768. The van der Waals surface area contributed by atoms with Crippen molar-refractivity contribution in [2.75, 3.05) is 38.3 Å². The lowest BCUT2D eigenvalue weighted by molar-refractivity contribution is 0.199. The van der Waals surface area contributed by atoms with Gasteiger partial charge in [0.05, 0.1) is 6.61 Å². The molecule has 1 unspecified atom stereocenters. The fourth-order valence-electron chi connectivity index (χ4n) is 2.63. The second-order valence-corrected chi connectivity index (χ2v) is 5.34. The summed E-state index contributed by atoms with van der Waals surface area (Å²) in [4.78, 5) is 2.51. The molecule has 1 aliphatic heterocycles. The Kier molecular flexibility index (Phi) is 5.67. The van der Waals surface area contributed by atoms with Gasteiger partial charge in [0.25, 0.3) is 0 Å². The highest BCUT2D eigenvalue weighted by molar-refractivity contribution is 5.48. The van der Waals surface area contributed by atoms with Gasteiger partial charge in [-0.05, 0) is 30.0 Å². The predicted molar refractivity (Wildman–Crippen MR) is 80.6 cm³/mol. The van der Waals surface area contributed by atoms with Crippen molar-refractivity contribution in [3.8, 4) is 0 Å². The van der Waals surface area contributed by atoms with Gasteiger partial charge in [0, 0.05) is 39.0 Å². The number of nitrogens with zero attached hydrogens (tertiary/aromatic N) is 1. The van der Waals surface area contributed by atoms with Gasteiger partial charge in [-0.15, -0.1) is 0 Å². The summed E-state index contributed by atoms with van der Waals surface area (Å²) in [6.45, 7) is 7.32. The SMILES string of the molecule is CCC1CCN(c2ccc(CNCCOC)cc2)C1. The van der Waals surface area contributed by atoms with E-state index in [4.69, 9.17) is 4.74 Å². The summed E-state index contributed by atoms with van der Waals surface area (Å²) in [5.74, 6) is 0.885. The van der Waals surface area contributed by atoms with Crippen LogP contribution in [-0.2, 0) is 11.3 Å². The van der Waals surface area contributed by atoms with E-state index in [1.165, 1.54) is 37.2 Å². The third kappa shape index (κ3) is 4.22. The minimum atomic E-state index is 0.768. The number of methoxy groups -OCH3 is 1. The molecule has 1 heterocycles. The number of nitrogens with one attached hydrogen (secondary N) is 1.